The standard InChI is InChI=1S/C15H11F3N2/c16-15(17,18)12-6-8-13(9-7-12)20-14(10-19)11-4-2-1-3-5-11/h1-9,14,20H/t14-/m0/s1. The van der Waals surface area contributed by atoms with Crippen LogP contribution in [0.3, 0.4) is 0 Å². The number of hydrogen-bond donors (Lipinski definition) is 1. The van der Waals surface area contributed by atoms with E-state index in [1.165, 1.54) is 12.1 Å². The van der Waals surface area contributed by atoms with Gasteiger partial charge in [-0.05, 0) is 29.8 Å². The molecule has 5 heteroatoms. The van der Waals surface area contributed by atoms with E-state index >= 15 is 0 Å². The van der Waals surface area contributed by atoms with Crippen molar-refractivity contribution in [2.75, 3.05) is 5.32 Å². The second kappa shape index (κ2) is 5.66. The van der Waals surface area contributed by atoms with Gasteiger partial charge in [-0.1, -0.05) is 30.3 Å². The molecule has 0 saturated carbocycles. The van der Waals surface area contributed by atoms with Gasteiger partial charge in [-0.3, -0.25) is 0 Å². The van der Waals surface area contributed by atoms with Gasteiger partial charge in [-0.2, -0.15) is 18.4 Å². The Balaban J connectivity index is 2.15. The topological polar surface area (TPSA) is 35.8 Å². The van der Waals surface area contributed by atoms with Crippen molar-refractivity contribution in [2.24, 2.45) is 0 Å². The van der Waals surface area contributed by atoms with Crippen molar-refractivity contribution in [3.8, 4) is 6.07 Å². The van der Waals surface area contributed by atoms with Crippen LogP contribution in [0.4, 0.5) is 18.9 Å². The summed E-state index contributed by atoms with van der Waals surface area (Å²) in [5.41, 5.74) is 0.513. The van der Waals surface area contributed by atoms with Gasteiger partial charge in [-0.15, -0.1) is 0 Å². The van der Waals surface area contributed by atoms with Crippen LogP contribution in [0.15, 0.2) is 54.6 Å². The van der Waals surface area contributed by atoms with Gasteiger partial charge in [0.25, 0.3) is 0 Å². The molecule has 0 aliphatic rings. The van der Waals surface area contributed by atoms with Crippen LogP contribution >= 0.6 is 0 Å². The third-order valence-corrected chi connectivity index (χ3v) is 2.79. The maximum atomic E-state index is 12.4. The molecule has 2 aromatic rings. The molecule has 0 heterocycles. The minimum Gasteiger partial charge on any atom is -0.366 e. The lowest BCUT2D eigenvalue weighted by Gasteiger charge is -2.14. The first-order valence-corrected chi connectivity index (χ1v) is 5.89. The zero-order valence-corrected chi connectivity index (χ0v) is 10.4. The minimum atomic E-state index is -4.35. The number of alkyl halides is 3. The van der Waals surface area contributed by atoms with Crippen molar-refractivity contribution in [2.45, 2.75) is 12.2 Å². The lowest BCUT2D eigenvalue weighted by Crippen LogP contribution is -2.09. The third kappa shape index (κ3) is 3.29. The van der Waals surface area contributed by atoms with Crippen LogP contribution < -0.4 is 5.32 Å². The van der Waals surface area contributed by atoms with Crippen LogP contribution in [0.25, 0.3) is 0 Å². The second-order valence-corrected chi connectivity index (χ2v) is 4.19. The highest BCUT2D eigenvalue weighted by Crippen LogP contribution is 2.30. The number of nitrogens with zero attached hydrogens (tertiary/aromatic N) is 1. The molecule has 2 rings (SSSR count). The fourth-order valence-electron chi connectivity index (χ4n) is 1.76. The molecule has 0 aliphatic heterocycles. The summed E-state index contributed by atoms with van der Waals surface area (Å²) >= 11 is 0. The van der Waals surface area contributed by atoms with Crippen LogP contribution in [0.5, 0.6) is 0 Å². The van der Waals surface area contributed by atoms with E-state index in [9.17, 15) is 13.2 Å². The summed E-state index contributed by atoms with van der Waals surface area (Å²) in [6, 6.07) is 15.1. The van der Waals surface area contributed by atoms with Crippen LogP contribution in [0, 0.1) is 11.3 Å². The zero-order valence-electron chi connectivity index (χ0n) is 10.4. The summed E-state index contributed by atoms with van der Waals surface area (Å²) in [4.78, 5) is 0. The molecule has 0 radical (unpaired) electrons. The number of nitrogens with one attached hydrogen (secondary N) is 1. The van der Waals surface area contributed by atoms with Crippen molar-refractivity contribution in [3.63, 3.8) is 0 Å². The lowest BCUT2D eigenvalue weighted by molar-refractivity contribution is -0.137. The first-order valence-electron chi connectivity index (χ1n) is 5.89. The molecule has 102 valence electrons. The number of anilines is 1. The van der Waals surface area contributed by atoms with Crippen LogP contribution in [0.2, 0.25) is 0 Å². The van der Waals surface area contributed by atoms with Gasteiger partial charge in [0, 0.05) is 5.69 Å². The Morgan fingerprint density at radius 3 is 2.05 bits per heavy atom. The minimum absolute atomic E-state index is 0.466. The highest BCUT2D eigenvalue weighted by molar-refractivity contribution is 5.48. The van der Waals surface area contributed by atoms with Gasteiger partial charge < -0.3 is 5.32 Å². The summed E-state index contributed by atoms with van der Waals surface area (Å²) in [5, 5.41) is 12.0. The summed E-state index contributed by atoms with van der Waals surface area (Å²) in [5.74, 6) is 0. The van der Waals surface area contributed by atoms with Crippen molar-refractivity contribution in [1.82, 2.24) is 0 Å². The summed E-state index contributed by atoms with van der Waals surface area (Å²) in [6.07, 6.45) is -4.35. The Bertz CT molecular complexity index is 598. The molecular weight excluding hydrogens is 265 g/mol. The molecule has 2 nitrogen and oxygen atoms in total. The van der Waals surface area contributed by atoms with E-state index in [1.807, 2.05) is 6.07 Å². The molecule has 2 aromatic carbocycles. The molecule has 1 N–H and O–H groups in total. The van der Waals surface area contributed by atoms with Crippen LogP contribution in [-0.4, -0.2) is 0 Å². The molecule has 0 saturated heterocycles. The quantitative estimate of drug-likeness (QED) is 0.902. The predicted molar refractivity (Wildman–Crippen MR) is 69.9 cm³/mol. The fourth-order valence-corrected chi connectivity index (χ4v) is 1.76. The predicted octanol–water partition coefficient (Wildman–Crippen LogP) is 4.38. The molecule has 0 fully saturated rings. The summed E-state index contributed by atoms with van der Waals surface area (Å²) in [6.45, 7) is 0. The first kappa shape index (κ1) is 13.9. The average Bonchev–Trinajstić information content (AvgIpc) is 2.45. The second-order valence-electron chi connectivity index (χ2n) is 4.19. The summed E-state index contributed by atoms with van der Waals surface area (Å²) < 4.78 is 37.3. The molecule has 0 bridgehead atoms. The Labute approximate surface area is 114 Å². The normalized spacial score (nSPS) is 12.5. The first-order chi connectivity index (χ1) is 9.50. The van der Waals surface area contributed by atoms with Crippen molar-refractivity contribution >= 4 is 5.69 Å². The SMILES string of the molecule is N#C[C@H](Nc1ccc(C(F)(F)F)cc1)c1ccccc1. The van der Waals surface area contributed by atoms with E-state index in [1.54, 1.807) is 24.3 Å². The maximum Gasteiger partial charge on any atom is 0.416 e. The van der Waals surface area contributed by atoms with Crippen LogP contribution in [-0.2, 0) is 6.18 Å². The number of nitriles is 1. The van der Waals surface area contributed by atoms with Gasteiger partial charge in [-0.25, -0.2) is 0 Å². The van der Waals surface area contributed by atoms with Crippen molar-refractivity contribution in [1.29, 1.82) is 5.26 Å². The monoisotopic (exact) mass is 276 g/mol. The van der Waals surface area contributed by atoms with E-state index < -0.39 is 17.8 Å². The molecule has 1 atom stereocenters. The Kier molecular flexibility index (Phi) is 3.94. The number of halogens is 3. The van der Waals surface area contributed by atoms with Gasteiger partial charge >= 0.3 is 6.18 Å². The average molecular weight is 276 g/mol. The Morgan fingerprint density at radius 1 is 0.950 bits per heavy atom. The highest BCUT2D eigenvalue weighted by Gasteiger charge is 2.30. The smallest absolute Gasteiger partial charge is 0.366 e. The van der Waals surface area contributed by atoms with Crippen molar-refractivity contribution < 1.29 is 13.2 Å². The van der Waals surface area contributed by atoms with E-state index in [-0.39, 0.29) is 0 Å². The van der Waals surface area contributed by atoms with Crippen molar-refractivity contribution in [3.05, 3.63) is 65.7 Å². The van der Waals surface area contributed by atoms with E-state index in [0.717, 1.165) is 17.7 Å². The number of rotatable bonds is 3. The molecule has 0 unspecified atom stereocenters. The van der Waals surface area contributed by atoms with Crippen LogP contribution in [0.1, 0.15) is 17.2 Å². The largest absolute Gasteiger partial charge is 0.416 e. The molecule has 0 aliphatic carbocycles. The number of hydrogen-bond acceptors (Lipinski definition) is 2. The zero-order chi connectivity index (χ0) is 14.6. The van der Waals surface area contributed by atoms with E-state index in [0.29, 0.717) is 5.69 Å². The molecule has 20 heavy (non-hydrogen) atoms. The van der Waals surface area contributed by atoms with Gasteiger partial charge in [0.2, 0.25) is 0 Å². The maximum absolute atomic E-state index is 12.4. The van der Waals surface area contributed by atoms with Gasteiger partial charge in [0.1, 0.15) is 6.04 Å². The fraction of sp³-hybridized carbons (Fsp3) is 0.133. The summed E-state index contributed by atoms with van der Waals surface area (Å²) in [7, 11) is 0. The Hall–Kier alpha value is -2.48. The van der Waals surface area contributed by atoms with Gasteiger partial charge in [0.15, 0.2) is 0 Å². The molecule has 0 aromatic heterocycles. The molecule has 0 amide bonds. The van der Waals surface area contributed by atoms with Gasteiger partial charge in [0.05, 0.1) is 11.6 Å². The molecule has 0 spiro atoms. The third-order valence-electron chi connectivity index (χ3n) is 2.79. The highest BCUT2D eigenvalue weighted by atomic mass is 19.4. The molecular formula is C15H11F3N2. The van der Waals surface area contributed by atoms with E-state index in [4.69, 9.17) is 5.26 Å². The Morgan fingerprint density at radius 2 is 1.55 bits per heavy atom. The van der Waals surface area contributed by atoms with E-state index in [2.05, 4.69) is 11.4 Å². The number of benzene rings is 2. The lowest BCUT2D eigenvalue weighted by atomic mass is 10.1.